The van der Waals surface area contributed by atoms with Gasteiger partial charge in [0.1, 0.15) is 11.5 Å². The zero-order chi connectivity index (χ0) is 20.2. The number of nitrogens with zero attached hydrogens (tertiary/aromatic N) is 3. The first kappa shape index (κ1) is 22.4. The Morgan fingerprint density at radius 1 is 1.23 bits per heavy atom. The molecule has 4 rings (SSSR count). The van der Waals surface area contributed by atoms with Crippen molar-refractivity contribution < 1.29 is 4.42 Å². The molecule has 6 nitrogen and oxygen atoms in total. The maximum atomic E-state index is 5.97. The Kier molecular flexibility index (Phi) is 7.58. The number of nitrogens with one attached hydrogen (secondary N) is 2. The third-order valence-electron chi connectivity index (χ3n) is 5.34. The number of halogens is 1. The Balaban J connectivity index is 0.00000256. The van der Waals surface area contributed by atoms with Crippen LogP contribution in [-0.4, -0.2) is 28.8 Å². The first-order chi connectivity index (χ1) is 14.1. The van der Waals surface area contributed by atoms with Crippen molar-refractivity contribution in [2.75, 3.05) is 7.05 Å². The highest BCUT2D eigenvalue weighted by molar-refractivity contribution is 14.0. The summed E-state index contributed by atoms with van der Waals surface area (Å²) < 4.78 is 8.04. The molecular weight excluding hydrogens is 489 g/mol. The molecule has 0 fully saturated rings. The molecule has 1 unspecified atom stereocenters. The van der Waals surface area contributed by atoms with Crippen molar-refractivity contribution in [3.63, 3.8) is 0 Å². The lowest BCUT2D eigenvalue weighted by Gasteiger charge is -2.24. The normalized spacial score (nSPS) is 16.1. The molecule has 160 valence electrons. The van der Waals surface area contributed by atoms with E-state index in [1.54, 1.807) is 7.05 Å². The van der Waals surface area contributed by atoms with Gasteiger partial charge >= 0.3 is 0 Å². The van der Waals surface area contributed by atoms with Crippen molar-refractivity contribution in [2.24, 2.45) is 4.99 Å². The molecule has 1 aliphatic carbocycles. The molecule has 30 heavy (non-hydrogen) atoms. The molecule has 0 amide bonds. The van der Waals surface area contributed by atoms with Crippen LogP contribution >= 0.6 is 24.0 Å². The van der Waals surface area contributed by atoms with Crippen LogP contribution in [0.15, 0.2) is 58.1 Å². The Labute approximate surface area is 195 Å². The van der Waals surface area contributed by atoms with Gasteiger partial charge in [-0.25, -0.2) is 0 Å². The molecule has 0 aliphatic heterocycles. The van der Waals surface area contributed by atoms with Crippen LogP contribution in [0.2, 0.25) is 0 Å². The minimum atomic E-state index is 0. The summed E-state index contributed by atoms with van der Waals surface area (Å²) in [6.07, 6.45) is 5.25. The lowest BCUT2D eigenvalue weighted by molar-refractivity contribution is 0.491. The van der Waals surface area contributed by atoms with Gasteiger partial charge in [0.05, 0.1) is 12.2 Å². The molecule has 1 aromatic carbocycles. The van der Waals surface area contributed by atoms with Crippen molar-refractivity contribution in [3.8, 4) is 11.3 Å². The van der Waals surface area contributed by atoms with Crippen LogP contribution in [0.25, 0.3) is 11.3 Å². The fraction of sp³-hybridized carbons (Fsp3) is 0.391. The van der Waals surface area contributed by atoms with E-state index in [4.69, 9.17) is 9.52 Å². The monoisotopic (exact) mass is 519 g/mol. The van der Waals surface area contributed by atoms with Crippen LogP contribution in [0.4, 0.5) is 0 Å². The predicted octanol–water partition coefficient (Wildman–Crippen LogP) is 4.56. The second kappa shape index (κ2) is 10.1. The van der Waals surface area contributed by atoms with Crippen molar-refractivity contribution in [1.29, 1.82) is 0 Å². The maximum Gasteiger partial charge on any atom is 0.191 e. The summed E-state index contributed by atoms with van der Waals surface area (Å²) in [5, 5.41) is 11.7. The van der Waals surface area contributed by atoms with Crippen molar-refractivity contribution >= 4 is 29.9 Å². The largest absolute Gasteiger partial charge is 0.459 e. The lowest BCUT2D eigenvalue weighted by atomic mass is 9.94. The van der Waals surface area contributed by atoms with E-state index in [0.717, 1.165) is 42.3 Å². The van der Waals surface area contributed by atoms with Crippen LogP contribution in [0.5, 0.6) is 0 Å². The Morgan fingerprint density at radius 3 is 2.77 bits per heavy atom. The summed E-state index contributed by atoms with van der Waals surface area (Å²) in [5.41, 5.74) is 3.67. The first-order valence-electron chi connectivity index (χ1n) is 10.3. The van der Waals surface area contributed by atoms with Crippen molar-refractivity contribution in [2.45, 2.75) is 51.7 Å². The molecule has 0 spiro atoms. The van der Waals surface area contributed by atoms with Gasteiger partial charge in [-0.15, -0.1) is 24.0 Å². The highest BCUT2D eigenvalue weighted by atomic mass is 127. The Bertz CT molecular complexity index is 977. The third kappa shape index (κ3) is 5.24. The van der Waals surface area contributed by atoms with Crippen LogP contribution in [0.1, 0.15) is 43.3 Å². The number of furan rings is 1. The fourth-order valence-electron chi connectivity index (χ4n) is 3.69. The lowest BCUT2D eigenvalue weighted by Crippen LogP contribution is -2.45. The highest BCUT2D eigenvalue weighted by Crippen LogP contribution is 2.23. The second-order valence-electron chi connectivity index (χ2n) is 7.82. The molecule has 0 saturated carbocycles. The van der Waals surface area contributed by atoms with Gasteiger partial charge in [-0.1, -0.05) is 30.3 Å². The van der Waals surface area contributed by atoms with E-state index < -0.39 is 0 Å². The number of aromatic nitrogens is 2. The van der Waals surface area contributed by atoms with E-state index in [1.807, 2.05) is 30.3 Å². The number of rotatable bonds is 5. The van der Waals surface area contributed by atoms with E-state index in [2.05, 4.69) is 52.5 Å². The van der Waals surface area contributed by atoms with E-state index in [0.29, 0.717) is 18.6 Å². The Hall–Kier alpha value is -2.29. The summed E-state index contributed by atoms with van der Waals surface area (Å²) >= 11 is 0. The number of fused-ring (bicyclic) bond motifs is 1. The zero-order valence-corrected chi connectivity index (χ0v) is 20.1. The van der Waals surface area contributed by atoms with Gasteiger partial charge < -0.3 is 15.1 Å². The third-order valence-corrected chi connectivity index (χ3v) is 5.34. The van der Waals surface area contributed by atoms with Gasteiger partial charge in [0, 0.05) is 37.3 Å². The van der Waals surface area contributed by atoms with Gasteiger partial charge in [0.2, 0.25) is 0 Å². The minimum Gasteiger partial charge on any atom is -0.459 e. The standard InChI is InChI=1S/C23H29N5O.HI/c1-16(2)28-15-18-9-10-19(13-21(18)27-28)26-23(24-3)25-14-20-11-12-22(29-20)17-7-5-4-6-8-17;/h4-8,11-12,15-16,19H,9-10,13-14H2,1-3H3,(H2,24,25,26);1H. The average molecular weight is 519 g/mol. The first-order valence-corrected chi connectivity index (χ1v) is 10.3. The molecular formula is C23H30IN5O. The number of guanidine groups is 1. The minimum absolute atomic E-state index is 0. The van der Waals surface area contributed by atoms with Crippen LogP contribution in [0.3, 0.4) is 0 Å². The molecule has 2 N–H and O–H groups in total. The smallest absolute Gasteiger partial charge is 0.191 e. The SMILES string of the molecule is CN=C(NCc1ccc(-c2ccccc2)o1)NC1CCc2cn(C(C)C)nc2C1.I. The van der Waals surface area contributed by atoms with Gasteiger partial charge in [-0.2, -0.15) is 5.10 Å². The van der Waals surface area contributed by atoms with E-state index >= 15 is 0 Å². The molecule has 2 aromatic heterocycles. The number of benzene rings is 1. The predicted molar refractivity (Wildman–Crippen MR) is 131 cm³/mol. The Morgan fingerprint density at radius 2 is 2.03 bits per heavy atom. The average Bonchev–Trinajstić information content (AvgIpc) is 3.38. The molecule has 0 saturated heterocycles. The number of aliphatic imine (C=N–C) groups is 1. The molecule has 1 atom stereocenters. The van der Waals surface area contributed by atoms with E-state index in [9.17, 15) is 0 Å². The number of aryl methyl sites for hydroxylation is 1. The van der Waals surface area contributed by atoms with Gasteiger partial charge in [-0.3, -0.25) is 9.67 Å². The number of hydrogen-bond acceptors (Lipinski definition) is 3. The summed E-state index contributed by atoms with van der Waals surface area (Å²) in [4.78, 5) is 4.38. The molecule has 0 radical (unpaired) electrons. The van der Waals surface area contributed by atoms with Crippen molar-refractivity contribution in [3.05, 3.63) is 65.7 Å². The van der Waals surface area contributed by atoms with E-state index in [-0.39, 0.29) is 24.0 Å². The molecule has 7 heteroatoms. The molecule has 0 bridgehead atoms. The highest BCUT2D eigenvalue weighted by Gasteiger charge is 2.23. The van der Waals surface area contributed by atoms with Crippen LogP contribution < -0.4 is 10.6 Å². The quantitative estimate of drug-likeness (QED) is 0.295. The van der Waals surface area contributed by atoms with E-state index in [1.165, 1.54) is 11.3 Å². The van der Waals surface area contributed by atoms with Gasteiger partial charge in [0.15, 0.2) is 5.96 Å². The molecule has 1 aliphatic rings. The van der Waals surface area contributed by atoms with Crippen molar-refractivity contribution in [1.82, 2.24) is 20.4 Å². The van der Waals surface area contributed by atoms with Crippen LogP contribution in [-0.2, 0) is 19.4 Å². The number of hydrogen-bond donors (Lipinski definition) is 2. The summed E-state index contributed by atoms with van der Waals surface area (Å²) in [6.45, 7) is 4.92. The molecule has 3 aromatic rings. The summed E-state index contributed by atoms with van der Waals surface area (Å²) in [6, 6.07) is 14.9. The van der Waals surface area contributed by atoms with Gasteiger partial charge in [0.25, 0.3) is 0 Å². The summed E-state index contributed by atoms with van der Waals surface area (Å²) in [5.74, 6) is 2.55. The topological polar surface area (TPSA) is 67.4 Å². The fourth-order valence-corrected chi connectivity index (χ4v) is 3.69. The van der Waals surface area contributed by atoms with Gasteiger partial charge in [-0.05, 0) is 44.4 Å². The summed E-state index contributed by atoms with van der Waals surface area (Å²) in [7, 11) is 1.80. The van der Waals surface area contributed by atoms with Crippen LogP contribution in [0, 0.1) is 0 Å². The zero-order valence-electron chi connectivity index (χ0n) is 17.8. The maximum absolute atomic E-state index is 5.97. The molecule has 2 heterocycles. The second-order valence-corrected chi connectivity index (χ2v) is 7.82.